The SMILES string of the molecule is CCOC(=O)C1CC(F)(c2ccc(C3=NOC(c4cc(Cl)c(Cl)c(Cl)c4)(C(F)(F)F)C3)cc2)C1. The minimum Gasteiger partial charge on any atom is -0.466 e. The van der Waals surface area contributed by atoms with E-state index < -0.39 is 35.8 Å². The van der Waals surface area contributed by atoms with E-state index in [4.69, 9.17) is 44.4 Å². The standard InChI is InChI=1S/C23H18Cl3F4NO3/c1-2-33-20(32)13-9-21(27,10-13)14-5-3-12(4-6-14)18-11-22(34-31-18,23(28,29)30)15-7-16(24)19(26)17(25)8-15/h3-8,13H,2,9-11H2,1H3. The maximum atomic E-state index is 15.2. The summed E-state index contributed by atoms with van der Waals surface area (Å²) in [7, 11) is 0. The Labute approximate surface area is 207 Å². The molecule has 1 aliphatic heterocycles. The lowest BCUT2D eigenvalue weighted by Crippen LogP contribution is -2.42. The van der Waals surface area contributed by atoms with Gasteiger partial charge in [0.25, 0.3) is 5.60 Å². The fourth-order valence-electron chi connectivity index (χ4n) is 4.19. The van der Waals surface area contributed by atoms with Crippen LogP contribution in [0.1, 0.15) is 42.9 Å². The number of ether oxygens (including phenoxy) is 1. The van der Waals surface area contributed by atoms with Crippen LogP contribution in [0.2, 0.25) is 15.1 Å². The van der Waals surface area contributed by atoms with Crippen molar-refractivity contribution in [1.29, 1.82) is 0 Å². The Hall–Kier alpha value is -2.03. The first-order valence-corrected chi connectivity index (χ1v) is 11.5. The molecule has 1 saturated carbocycles. The van der Waals surface area contributed by atoms with Crippen molar-refractivity contribution in [2.45, 2.75) is 43.6 Å². The van der Waals surface area contributed by atoms with Gasteiger partial charge in [-0.05, 0) is 43.0 Å². The Kier molecular flexibility index (Phi) is 6.55. The molecule has 1 heterocycles. The Morgan fingerprint density at radius 2 is 1.71 bits per heavy atom. The van der Waals surface area contributed by atoms with Crippen LogP contribution in [0, 0.1) is 5.92 Å². The summed E-state index contributed by atoms with van der Waals surface area (Å²) in [5, 5.41) is 3.32. The summed E-state index contributed by atoms with van der Waals surface area (Å²) in [4.78, 5) is 16.7. The second-order valence-corrected chi connectivity index (χ2v) is 9.48. The van der Waals surface area contributed by atoms with E-state index in [0.717, 1.165) is 12.1 Å². The zero-order valence-corrected chi connectivity index (χ0v) is 20.0. The highest BCUT2D eigenvalue weighted by molar-refractivity contribution is 6.48. The topological polar surface area (TPSA) is 47.9 Å². The number of oxime groups is 1. The molecule has 2 aliphatic rings. The predicted molar refractivity (Wildman–Crippen MR) is 120 cm³/mol. The smallest absolute Gasteiger partial charge is 0.435 e. The van der Waals surface area contributed by atoms with Crippen LogP contribution in [-0.2, 0) is 25.6 Å². The Morgan fingerprint density at radius 3 is 2.24 bits per heavy atom. The first kappa shape index (κ1) is 25.1. The molecule has 0 N–H and O–H groups in total. The van der Waals surface area contributed by atoms with Crippen LogP contribution in [0.15, 0.2) is 41.6 Å². The summed E-state index contributed by atoms with van der Waals surface area (Å²) >= 11 is 17.8. The van der Waals surface area contributed by atoms with Gasteiger partial charge in [-0.3, -0.25) is 4.79 Å². The fraction of sp³-hybridized carbons (Fsp3) is 0.391. The maximum absolute atomic E-state index is 15.2. The second-order valence-electron chi connectivity index (χ2n) is 8.28. The van der Waals surface area contributed by atoms with Gasteiger partial charge in [-0.2, -0.15) is 13.2 Å². The molecule has 1 atom stereocenters. The Morgan fingerprint density at radius 1 is 1.12 bits per heavy atom. The molecule has 0 amide bonds. The fourth-order valence-corrected chi connectivity index (χ4v) is 4.79. The van der Waals surface area contributed by atoms with Gasteiger partial charge in [-0.15, -0.1) is 0 Å². The van der Waals surface area contributed by atoms with Crippen molar-refractivity contribution >= 4 is 46.5 Å². The molecule has 11 heteroatoms. The van der Waals surface area contributed by atoms with E-state index in [1.54, 1.807) is 6.92 Å². The summed E-state index contributed by atoms with van der Waals surface area (Å²) in [5.74, 6) is -0.946. The van der Waals surface area contributed by atoms with E-state index in [1.807, 2.05) is 0 Å². The molecule has 4 rings (SSSR count). The van der Waals surface area contributed by atoms with E-state index >= 15 is 4.39 Å². The molecular formula is C23H18Cl3F4NO3. The molecule has 4 nitrogen and oxygen atoms in total. The van der Waals surface area contributed by atoms with Gasteiger partial charge in [0, 0.05) is 12.0 Å². The number of nitrogens with zero attached hydrogens (tertiary/aromatic N) is 1. The van der Waals surface area contributed by atoms with Crippen molar-refractivity contribution in [2.24, 2.45) is 11.1 Å². The summed E-state index contributed by atoms with van der Waals surface area (Å²) in [6.07, 6.45) is -5.51. The van der Waals surface area contributed by atoms with Crippen molar-refractivity contribution < 1.29 is 31.9 Å². The third kappa shape index (κ3) is 4.25. The van der Waals surface area contributed by atoms with E-state index in [9.17, 15) is 18.0 Å². The molecule has 2 aromatic rings. The molecule has 1 unspecified atom stereocenters. The van der Waals surface area contributed by atoms with E-state index in [0.29, 0.717) is 11.1 Å². The van der Waals surface area contributed by atoms with Crippen LogP contribution in [0.3, 0.4) is 0 Å². The van der Waals surface area contributed by atoms with E-state index in [-0.39, 0.29) is 45.8 Å². The van der Waals surface area contributed by atoms with Crippen LogP contribution < -0.4 is 0 Å². The molecule has 2 aromatic carbocycles. The third-order valence-electron chi connectivity index (χ3n) is 6.13. The summed E-state index contributed by atoms with van der Waals surface area (Å²) in [5.41, 5.74) is -4.15. The van der Waals surface area contributed by atoms with Crippen LogP contribution in [0.25, 0.3) is 0 Å². The quantitative estimate of drug-likeness (QED) is 0.227. The van der Waals surface area contributed by atoms with Gasteiger partial charge in [0.1, 0.15) is 5.67 Å². The number of carbonyl (C=O) groups excluding carboxylic acids is 1. The van der Waals surface area contributed by atoms with Crippen molar-refractivity contribution in [3.05, 3.63) is 68.2 Å². The van der Waals surface area contributed by atoms with Gasteiger partial charge < -0.3 is 9.57 Å². The van der Waals surface area contributed by atoms with Crippen LogP contribution in [0.4, 0.5) is 17.6 Å². The highest BCUT2D eigenvalue weighted by atomic mass is 35.5. The third-order valence-corrected chi connectivity index (χ3v) is 7.33. The first-order chi connectivity index (χ1) is 15.9. The summed E-state index contributed by atoms with van der Waals surface area (Å²) < 4.78 is 62.6. The number of hydrogen-bond acceptors (Lipinski definition) is 4. The number of alkyl halides is 4. The summed E-state index contributed by atoms with van der Waals surface area (Å²) in [6, 6.07) is 8.00. The number of rotatable bonds is 5. The minimum atomic E-state index is -4.85. The Bertz CT molecular complexity index is 1120. The minimum absolute atomic E-state index is 0.00942. The highest BCUT2D eigenvalue weighted by Gasteiger charge is 2.62. The van der Waals surface area contributed by atoms with Crippen molar-refractivity contribution in [2.75, 3.05) is 6.61 Å². The molecule has 182 valence electrons. The van der Waals surface area contributed by atoms with Crippen LogP contribution in [-0.4, -0.2) is 24.5 Å². The number of carbonyl (C=O) groups is 1. The van der Waals surface area contributed by atoms with Gasteiger partial charge in [0.2, 0.25) is 0 Å². The summed E-state index contributed by atoms with van der Waals surface area (Å²) in [6.45, 7) is 1.90. The highest BCUT2D eigenvalue weighted by Crippen LogP contribution is 2.52. The van der Waals surface area contributed by atoms with E-state index in [2.05, 4.69) is 5.16 Å². The van der Waals surface area contributed by atoms with Gasteiger partial charge in [-0.1, -0.05) is 64.2 Å². The maximum Gasteiger partial charge on any atom is 0.435 e. The number of esters is 1. The largest absolute Gasteiger partial charge is 0.466 e. The zero-order chi connectivity index (χ0) is 24.9. The van der Waals surface area contributed by atoms with E-state index in [1.165, 1.54) is 24.3 Å². The van der Waals surface area contributed by atoms with Crippen LogP contribution >= 0.6 is 34.8 Å². The number of benzene rings is 2. The molecule has 1 aliphatic carbocycles. The molecule has 34 heavy (non-hydrogen) atoms. The average Bonchev–Trinajstić information content (AvgIpc) is 3.22. The second kappa shape index (κ2) is 8.88. The monoisotopic (exact) mass is 537 g/mol. The molecule has 0 aromatic heterocycles. The van der Waals surface area contributed by atoms with Gasteiger partial charge in [0.15, 0.2) is 0 Å². The lowest BCUT2D eigenvalue weighted by molar-refractivity contribution is -0.275. The predicted octanol–water partition coefficient (Wildman–Crippen LogP) is 7.37. The molecular weight excluding hydrogens is 521 g/mol. The molecule has 0 saturated heterocycles. The molecule has 0 spiro atoms. The first-order valence-electron chi connectivity index (χ1n) is 10.3. The molecule has 0 radical (unpaired) electrons. The zero-order valence-electron chi connectivity index (χ0n) is 17.7. The van der Waals surface area contributed by atoms with Gasteiger partial charge in [0.05, 0.1) is 33.3 Å². The van der Waals surface area contributed by atoms with Crippen molar-refractivity contribution in [1.82, 2.24) is 0 Å². The number of halogens is 7. The van der Waals surface area contributed by atoms with Gasteiger partial charge in [-0.25, -0.2) is 4.39 Å². The lowest BCUT2D eigenvalue weighted by atomic mass is 9.68. The lowest BCUT2D eigenvalue weighted by Gasteiger charge is -2.40. The van der Waals surface area contributed by atoms with Crippen LogP contribution in [0.5, 0.6) is 0 Å². The van der Waals surface area contributed by atoms with Crippen molar-refractivity contribution in [3.63, 3.8) is 0 Å². The average molecular weight is 539 g/mol. The molecule has 0 bridgehead atoms. The molecule has 1 fully saturated rings. The Balaban J connectivity index is 1.55. The normalized spacial score (nSPS) is 26.5. The van der Waals surface area contributed by atoms with Gasteiger partial charge >= 0.3 is 12.1 Å². The number of hydrogen-bond donors (Lipinski definition) is 0. The van der Waals surface area contributed by atoms with Crippen molar-refractivity contribution in [3.8, 4) is 0 Å².